The molecule has 1 N–H and O–H groups in total. The fourth-order valence-electron chi connectivity index (χ4n) is 2.05. The number of nitrogens with zero attached hydrogens (tertiary/aromatic N) is 1. The predicted molar refractivity (Wildman–Crippen MR) is 81.6 cm³/mol. The zero-order chi connectivity index (χ0) is 14.4. The Bertz CT molecular complexity index is 542. The molecule has 0 aliphatic heterocycles. The van der Waals surface area contributed by atoms with E-state index in [-0.39, 0.29) is 6.04 Å². The maximum absolute atomic E-state index is 5.47. The van der Waals surface area contributed by atoms with Gasteiger partial charge in [-0.05, 0) is 13.0 Å². The van der Waals surface area contributed by atoms with E-state index >= 15 is 0 Å². The molecule has 1 unspecified atom stereocenters. The van der Waals surface area contributed by atoms with Crippen molar-refractivity contribution in [3.63, 3.8) is 0 Å². The Hall–Kier alpha value is -1.43. The molecular formula is C15H20N2O2S. The van der Waals surface area contributed by atoms with Crippen LogP contribution in [0, 0.1) is 6.92 Å². The summed E-state index contributed by atoms with van der Waals surface area (Å²) in [4.78, 5) is 4.60. The highest BCUT2D eigenvalue weighted by molar-refractivity contribution is 7.09. The fourth-order valence-corrected chi connectivity index (χ4v) is 2.93. The van der Waals surface area contributed by atoms with Gasteiger partial charge in [0.1, 0.15) is 10.8 Å². The van der Waals surface area contributed by atoms with E-state index < -0.39 is 0 Å². The first-order chi connectivity index (χ1) is 9.76. The third kappa shape index (κ3) is 3.56. The second-order valence-corrected chi connectivity index (χ2v) is 5.34. The molecule has 2 rings (SSSR count). The van der Waals surface area contributed by atoms with Gasteiger partial charge in [-0.15, -0.1) is 11.3 Å². The number of benzene rings is 1. The Morgan fingerprint density at radius 3 is 2.75 bits per heavy atom. The molecule has 2 aromatic rings. The van der Waals surface area contributed by atoms with Crippen molar-refractivity contribution < 1.29 is 9.47 Å². The minimum atomic E-state index is 0.0278. The largest absolute Gasteiger partial charge is 0.496 e. The van der Waals surface area contributed by atoms with Crippen molar-refractivity contribution in [2.45, 2.75) is 13.0 Å². The lowest BCUT2D eigenvalue weighted by Crippen LogP contribution is -2.26. The number of nitrogens with one attached hydrogen (secondary N) is 1. The lowest BCUT2D eigenvalue weighted by molar-refractivity contribution is 0.197. The summed E-state index contributed by atoms with van der Waals surface area (Å²) in [5.74, 6) is 0.871. The van der Waals surface area contributed by atoms with Crippen LogP contribution in [0.4, 0.5) is 0 Å². The third-order valence-electron chi connectivity index (χ3n) is 2.99. The fraction of sp³-hybridized carbons (Fsp3) is 0.400. The lowest BCUT2D eigenvalue weighted by Gasteiger charge is -2.19. The highest BCUT2D eigenvalue weighted by Gasteiger charge is 2.20. The highest BCUT2D eigenvalue weighted by Crippen LogP contribution is 2.31. The second kappa shape index (κ2) is 7.38. The Morgan fingerprint density at radius 2 is 2.10 bits per heavy atom. The van der Waals surface area contributed by atoms with Crippen molar-refractivity contribution in [3.05, 3.63) is 45.9 Å². The van der Waals surface area contributed by atoms with E-state index in [2.05, 4.69) is 21.7 Å². The van der Waals surface area contributed by atoms with E-state index in [0.717, 1.165) is 28.6 Å². The van der Waals surface area contributed by atoms with Crippen LogP contribution >= 0.6 is 11.3 Å². The molecule has 1 aromatic heterocycles. The van der Waals surface area contributed by atoms with Gasteiger partial charge >= 0.3 is 0 Å². The molecular weight excluding hydrogens is 272 g/mol. The summed E-state index contributed by atoms with van der Waals surface area (Å²) in [6.07, 6.45) is 0. The van der Waals surface area contributed by atoms with Crippen LogP contribution in [0.15, 0.2) is 29.6 Å². The molecule has 20 heavy (non-hydrogen) atoms. The van der Waals surface area contributed by atoms with Gasteiger partial charge in [0.2, 0.25) is 0 Å². The van der Waals surface area contributed by atoms with Gasteiger partial charge in [0.05, 0.1) is 19.8 Å². The molecule has 5 heteroatoms. The Morgan fingerprint density at radius 1 is 1.30 bits per heavy atom. The predicted octanol–water partition coefficient (Wildman–Crippen LogP) is 2.79. The molecule has 1 atom stereocenters. The molecule has 0 amide bonds. The Labute approximate surface area is 123 Å². The average molecular weight is 292 g/mol. The summed E-state index contributed by atoms with van der Waals surface area (Å²) in [6.45, 7) is 3.43. The first-order valence-electron chi connectivity index (χ1n) is 6.53. The number of aryl methyl sites for hydroxylation is 1. The van der Waals surface area contributed by atoms with Crippen molar-refractivity contribution >= 4 is 11.3 Å². The van der Waals surface area contributed by atoms with E-state index in [1.165, 1.54) is 0 Å². The first-order valence-corrected chi connectivity index (χ1v) is 7.41. The molecule has 0 fully saturated rings. The van der Waals surface area contributed by atoms with E-state index in [1.54, 1.807) is 25.6 Å². The molecule has 1 heterocycles. The van der Waals surface area contributed by atoms with Gasteiger partial charge in [0, 0.05) is 30.3 Å². The average Bonchev–Trinajstić information content (AvgIpc) is 2.90. The van der Waals surface area contributed by atoms with Crippen LogP contribution in [-0.2, 0) is 4.74 Å². The number of para-hydroxylation sites is 1. The highest BCUT2D eigenvalue weighted by atomic mass is 32.1. The summed E-state index contributed by atoms with van der Waals surface area (Å²) >= 11 is 1.66. The van der Waals surface area contributed by atoms with Gasteiger partial charge in [-0.25, -0.2) is 4.98 Å². The summed E-state index contributed by atoms with van der Waals surface area (Å²) in [5.41, 5.74) is 2.14. The molecule has 0 spiro atoms. The molecule has 0 saturated carbocycles. The van der Waals surface area contributed by atoms with Gasteiger partial charge in [-0.1, -0.05) is 18.2 Å². The van der Waals surface area contributed by atoms with Gasteiger partial charge < -0.3 is 14.8 Å². The van der Waals surface area contributed by atoms with Crippen molar-refractivity contribution in [2.24, 2.45) is 0 Å². The van der Waals surface area contributed by atoms with Crippen LogP contribution in [0.2, 0.25) is 0 Å². The molecule has 0 radical (unpaired) electrons. The van der Waals surface area contributed by atoms with Gasteiger partial charge in [0.25, 0.3) is 0 Å². The van der Waals surface area contributed by atoms with Crippen LogP contribution in [0.5, 0.6) is 5.75 Å². The second-order valence-electron chi connectivity index (χ2n) is 4.45. The topological polar surface area (TPSA) is 43.4 Å². The van der Waals surface area contributed by atoms with Crippen LogP contribution in [0.25, 0.3) is 0 Å². The quantitative estimate of drug-likeness (QED) is 0.797. The van der Waals surface area contributed by atoms with Gasteiger partial charge in [-0.2, -0.15) is 0 Å². The number of thiazole rings is 1. The number of ether oxygens (including phenoxy) is 2. The summed E-state index contributed by atoms with van der Waals surface area (Å²) in [5, 5.41) is 6.59. The normalized spacial score (nSPS) is 12.3. The smallest absolute Gasteiger partial charge is 0.124 e. The van der Waals surface area contributed by atoms with E-state index in [0.29, 0.717) is 6.61 Å². The SMILES string of the molecule is COCCNC(c1nc(C)cs1)c1ccccc1OC. The van der Waals surface area contributed by atoms with Crippen molar-refractivity contribution in [2.75, 3.05) is 27.4 Å². The number of hydrogen-bond acceptors (Lipinski definition) is 5. The third-order valence-corrected chi connectivity index (χ3v) is 4.02. The number of aromatic nitrogens is 1. The van der Waals surface area contributed by atoms with E-state index in [9.17, 15) is 0 Å². The zero-order valence-corrected chi connectivity index (χ0v) is 12.9. The monoisotopic (exact) mass is 292 g/mol. The zero-order valence-electron chi connectivity index (χ0n) is 12.1. The lowest BCUT2D eigenvalue weighted by atomic mass is 10.1. The number of rotatable bonds is 7. The molecule has 0 bridgehead atoms. The van der Waals surface area contributed by atoms with Crippen LogP contribution in [0.3, 0.4) is 0 Å². The molecule has 108 valence electrons. The number of hydrogen-bond donors (Lipinski definition) is 1. The first kappa shape index (κ1) is 15.0. The molecule has 1 aromatic carbocycles. The van der Waals surface area contributed by atoms with E-state index in [4.69, 9.17) is 9.47 Å². The maximum Gasteiger partial charge on any atom is 0.124 e. The molecule has 0 aliphatic rings. The van der Waals surface area contributed by atoms with Gasteiger partial charge in [-0.3, -0.25) is 0 Å². The van der Waals surface area contributed by atoms with Gasteiger partial charge in [0.15, 0.2) is 0 Å². The molecule has 0 saturated heterocycles. The van der Waals surface area contributed by atoms with Crippen molar-refractivity contribution in [1.82, 2.24) is 10.3 Å². The minimum absolute atomic E-state index is 0.0278. The number of methoxy groups -OCH3 is 2. The van der Waals surface area contributed by atoms with Crippen LogP contribution in [-0.4, -0.2) is 32.4 Å². The van der Waals surface area contributed by atoms with Crippen LogP contribution in [0.1, 0.15) is 22.3 Å². The standard InChI is InChI=1S/C15H20N2O2S/c1-11-10-20-15(17-11)14(16-8-9-18-2)12-6-4-5-7-13(12)19-3/h4-7,10,14,16H,8-9H2,1-3H3. The summed E-state index contributed by atoms with van der Waals surface area (Å²) in [7, 11) is 3.39. The maximum atomic E-state index is 5.47. The Kier molecular flexibility index (Phi) is 5.52. The minimum Gasteiger partial charge on any atom is -0.496 e. The van der Waals surface area contributed by atoms with E-state index in [1.807, 2.05) is 25.1 Å². The molecule has 0 aliphatic carbocycles. The Balaban J connectivity index is 2.30. The molecule has 4 nitrogen and oxygen atoms in total. The van der Waals surface area contributed by atoms with Crippen molar-refractivity contribution in [3.8, 4) is 5.75 Å². The summed E-state index contributed by atoms with van der Waals surface area (Å²) in [6, 6.07) is 8.06. The summed E-state index contributed by atoms with van der Waals surface area (Å²) < 4.78 is 10.6. The van der Waals surface area contributed by atoms with Crippen molar-refractivity contribution in [1.29, 1.82) is 0 Å². The van der Waals surface area contributed by atoms with Crippen LogP contribution < -0.4 is 10.1 Å².